The third-order valence-electron chi connectivity index (χ3n) is 3.27. The molecule has 0 aromatic rings. The lowest BCUT2D eigenvalue weighted by molar-refractivity contribution is -0.147. The normalized spacial score (nSPS) is 34.6. The minimum Gasteiger partial charge on any atom is -0.380 e. The van der Waals surface area contributed by atoms with Gasteiger partial charge in [0.05, 0.1) is 25.0 Å². The molecule has 2 fully saturated rings. The Morgan fingerprint density at radius 2 is 1.71 bits per heavy atom. The lowest BCUT2D eigenvalue weighted by atomic mass is 9.84. The van der Waals surface area contributed by atoms with E-state index in [9.17, 15) is 4.79 Å². The first kappa shape index (κ1) is 10.1. The number of piperidine rings is 1. The molecule has 2 unspecified atom stereocenters. The van der Waals surface area contributed by atoms with Crippen LogP contribution in [0.1, 0.15) is 20.8 Å². The van der Waals surface area contributed by atoms with Gasteiger partial charge < -0.3 is 4.74 Å². The van der Waals surface area contributed by atoms with Crippen LogP contribution in [-0.2, 0) is 9.53 Å². The van der Waals surface area contributed by atoms with Gasteiger partial charge in [0.1, 0.15) is 5.78 Å². The number of carbonyl (C=O) groups is 1. The summed E-state index contributed by atoms with van der Waals surface area (Å²) < 4.78 is 5.42. The molecular weight excluding hydrogens is 178 g/mol. The van der Waals surface area contributed by atoms with E-state index in [-0.39, 0.29) is 17.4 Å². The quantitative estimate of drug-likeness (QED) is 0.578. The Kier molecular flexibility index (Phi) is 2.40. The van der Waals surface area contributed by atoms with Gasteiger partial charge in [0, 0.05) is 18.6 Å². The standard InChI is InChI=1S/C11H19NO2/c1-11(2,3)12-4-8-6-14-7-9(5-12)10(8)13/h8-9H,4-7H2,1-3H3. The fourth-order valence-electron chi connectivity index (χ4n) is 2.29. The first-order valence-electron chi connectivity index (χ1n) is 5.35. The van der Waals surface area contributed by atoms with E-state index in [1.807, 2.05) is 0 Å². The van der Waals surface area contributed by atoms with Crippen molar-refractivity contribution in [1.29, 1.82) is 0 Å². The molecule has 2 saturated heterocycles. The summed E-state index contributed by atoms with van der Waals surface area (Å²) in [6.07, 6.45) is 0. The zero-order valence-electron chi connectivity index (χ0n) is 9.25. The minimum absolute atomic E-state index is 0.127. The predicted octanol–water partition coefficient (Wildman–Crippen LogP) is 0.932. The number of nitrogens with zero attached hydrogens (tertiary/aromatic N) is 1. The van der Waals surface area contributed by atoms with Crippen molar-refractivity contribution in [2.45, 2.75) is 26.3 Å². The highest BCUT2D eigenvalue weighted by molar-refractivity contribution is 5.85. The van der Waals surface area contributed by atoms with Crippen LogP contribution >= 0.6 is 0 Å². The van der Waals surface area contributed by atoms with Crippen LogP contribution in [0.4, 0.5) is 0 Å². The van der Waals surface area contributed by atoms with E-state index in [0.717, 1.165) is 13.1 Å². The highest BCUT2D eigenvalue weighted by Crippen LogP contribution is 2.28. The first-order valence-corrected chi connectivity index (χ1v) is 5.35. The molecule has 3 nitrogen and oxygen atoms in total. The summed E-state index contributed by atoms with van der Waals surface area (Å²) in [5, 5.41) is 0. The topological polar surface area (TPSA) is 29.5 Å². The van der Waals surface area contributed by atoms with Gasteiger partial charge in [-0.25, -0.2) is 0 Å². The Bertz CT molecular complexity index is 228. The van der Waals surface area contributed by atoms with Gasteiger partial charge in [-0.05, 0) is 20.8 Å². The van der Waals surface area contributed by atoms with E-state index in [4.69, 9.17) is 4.74 Å². The van der Waals surface area contributed by atoms with Crippen LogP contribution in [0.3, 0.4) is 0 Å². The van der Waals surface area contributed by atoms with Crippen molar-refractivity contribution in [2.24, 2.45) is 11.8 Å². The zero-order chi connectivity index (χ0) is 10.3. The fourth-order valence-corrected chi connectivity index (χ4v) is 2.29. The third kappa shape index (κ3) is 1.71. The van der Waals surface area contributed by atoms with Gasteiger partial charge in [-0.1, -0.05) is 0 Å². The van der Waals surface area contributed by atoms with E-state index < -0.39 is 0 Å². The maximum Gasteiger partial charge on any atom is 0.146 e. The molecule has 0 aromatic heterocycles. The first-order chi connectivity index (χ1) is 6.48. The molecule has 14 heavy (non-hydrogen) atoms. The van der Waals surface area contributed by atoms with Crippen molar-refractivity contribution in [3.05, 3.63) is 0 Å². The molecule has 2 rings (SSSR count). The molecule has 0 saturated carbocycles. The van der Waals surface area contributed by atoms with Crippen molar-refractivity contribution in [2.75, 3.05) is 26.3 Å². The van der Waals surface area contributed by atoms with Gasteiger partial charge in [-0.3, -0.25) is 9.69 Å². The van der Waals surface area contributed by atoms with Crippen LogP contribution in [-0.4, -0.2) is 42.5 Å². The van der Waals surface area contributed by atoms with Crippen molar-refractivity contribution in [3.63, 3.8) is 0 Å². The van der Waals surface area contributed by atoms with Gasteiger partial charge in [0.2, 0.25) is 0 Å². The average molecular weight is 197 g/mol. The molecule has 2 aliphatic heterocycles. The maximum absolute atomic E-state index is 11.8. The third-order valence-corrected chi connectivity index (χ3v) is 3.27. The number of rotatable bonds is 0. The molecule has 80 valence electrons. The molecule has 0 spiro atoms. The molecule has 0 amide bonds. The molecule has 0 aromatic carbocycles. The van der Waals surface area contributed by atoms with E-state index in [0.29, 0.717) is 19.0 Å². The van der Waals surface area contributed by atoms with Gasteiger partial charge in [-0.2, -0.15) is 0 Å². The number of hydrogen-bond donors (Lipinski definition) is 0. The highest BCUT2D eigenvalue weighted by atomic mass is 16.5. The van der Waals surface area contributed by atoms with Gasteiger partial charge in [-0.15, -0.1) is 0 Å². The Labute approximate surface area is 85.4 Å². The number of ether oxygens (including phenoxy) is 1. The molecule has 2 aliphatic rings. The summed E-state index contributed by atoms with van der Waals surface area (Å²) in [5.41, 5.74) is 0.175. The van der Waals surface area contributed by atoms with Crippen LogP contribution in [0.5, 0.6) is 0 Å². The summed E-state index contributed by atoms with van der Waals surface area (Å²) in [6, 6.07) is 0. The van der Waals surface area contributed by atoms with Crippen LogP contribution < -0.4 is 0 Å². The Morgan fingerprint density at radius 3 is 2.14 bits per heavy atom. The Hall–Kier alpha value is -0.410. The van der Waals surface area contributed by atoms with Crippen LogP contribution in [0.25, 0.3) is 0 Å². The van der Waals surface area contributed by atoms with E-state index in [2.05, 4.69) is 25.7 Å². The second-order valence-electron chi connectivity index (χ2n) is 5.41. The molecule has 0 aliphatic carbocycles. The Morgan fingerprint density at radius 1 is 1.21 bits per heavy atom. The molecule has 0 radical (unpaired) electrons. The van der Waals surface area contributed by atoms with Gasteiger partial charge in [0.25, 0.3) is 0 Å². The van der Waals surface area contributed by atoms with E-state index >= 15 is 0 Å². The summed E-state index contributed by atoms with van der Waals surface area (Å²) in [7, 11) is 0. The van der Waals surface area contributed by atoms with Crippen LogP contribution in [0.2, 0.25) is 0 Å². The Balaban J connectivity index is 2.11. The molecule has 0 N–H and O–H groups in total. The van der Waals surface area contributed by atoms with Crippen molar-refractivity contribution in [3.8, 4) is 0 Å². The van der Waals surface area contributed by atoms with Crippen LogP contribution in [0, 0.1) is 11.8 Å². The number of Topliss-reactive ketones (excluding diaryl/α,β-unsaturated/α-hetero) is 1. The summed E-state index contributed by atoms with van der Waals surface area (Å²) in [6.45, 7) is 9.62. The summed E-state index contributed by atoms with van der Waals surface area (Å²) in [4.78, 5) is 14.2. The predicted molar refractivity (Wildman–Crippen MR) is 54.1 cm³/mol. The number of hydrogen-bond acceptors (Lipinski definition) is 3. The monoisotopic (exact) mass is 197 g/mol. The summed E-state index contributed by atoms with van der Waals surface area (Å²) >= 11 is 0. The number of likely N-dealkylation sites (tertiary alicyclic amines) is 1. The smallest absolute Gasteiger partial charge is 0.146 e. The largest absolute Gasteiger partial charge is 0.380 e. The molecule has 2 atom stereocenters. The average Bonchev–Trinajstić information content (AvgIpc) is 2.00. The number of fused-ring (bicyclic) bond motifs is 2. The lowest BCUT2D eigenvalue weighted by Crippen LogP contribution is -2.58. The SMILES string of the molecule is CC(C)(C)N1CC2COCC(C1)C2=O. The molecule has 2 heterocycles. The molecule has 2 bridgehead atoms. The second kappa shape index (κ2) is 3.31. The van der Waals surface area contributed by atoms with Gasteiger partial charge in [0.15, 0.2) is 0 Å². The van der Waals surface area contributed by atoms with Gasteiger partial charge >= 0.3 is 0 Å². The van der Waals surface area contributed by atoms with Crippen molar-refractivity contribution >= 4 is 5.78 Å². The summed E-state index contributed by atoms with van der Waals surface area (Å²) in [5.74, 6) is 0.681. The number of ketones is 1. The van der Waals surface area contributed by atoms with E-state index in [1.165, 1.54) is 0 Å². The van der Waals surface area contributed by atoms with Crippen LogP contribution in [0.15, 0.2) is 0 Å². The number of carbonyl (C=O) groups excluding carboxylic acids is 1. The zero-order valence-corrected chi connectivity index (χ0v) is 9.25. The van der Waals surface area contributed by atoms with Crippen molar-refractivity contribution in [1.82, 2.24) is 4.90 Å². The molecular formula is C11H19NO2. The van der Waals surface area contributed by atoms with Crippen molar-refractivity contribution < 1.29 is 9.53 Å². The maximum atomic E-state index is 11.8. The lowest BCUT2D eigenvalue weighted by Gasteiger charge is -2.46. The fraction of sp³-hybridized carbons (Fsp3) is 0.909. The highest BCUT2D eigenvalue weighted by Gasteiger charge is 2.41. The minimum atomic E-state index is 0.127. The second-order valence-corrected chi connectivity index (χ2v) is 5.41. The van der Waals surface area contributed by atoms with E-state index in [1.54, 1.807) is 0 Å². The molecule has 3 heteroatoms.